The number of rotatable bonds is 4. The number of hydrogen-bond acceptors (Lipinski definition) is 4. The van der Waals surface area contributed by atoms with Crippen molar-refractivity contribution in [2.75, 3.05) is 0 Å². The quantitative estimate of drug-likeness (QED) is 0.487. The standard InChI is InChI=1S/C23H17F2N5/c24-18-2-1-3-19(25)22(18)21-9-8-20(29-21)16-6-4-15(5-7-16)17-12-27-23(28-13-17)30-11-10-26-14-30/h1-7,10-14,20H,8-9H2. The van der Waals surface area contributed by atoms with Crippen molar-refractivity contribution in [3.8, 4) is 17.1 Å². The number of nitrogens with zero attached hydrogens (tertiary/aromatic N) is 5. The Morgan fingerprint density at radius 3 is 2.30 bits per heavy atom. The van der Waals surface area contributed by atoms with Crippen molar-refractivity contribution in [3.05, 3.63) is 96.3 Å². The fourth-order valence-corrected chi connectivity index (χ4v) is 3.67. The fourth-order valence-electron chi connectivity index (χ4n) is 3.67. The maximum atomic E-state index is 14.1. The van der Waals surface area contributed by atoms with E-state index in [-0.39, 0.29) is 11.6 Å². The molecule has 1 aliphatic rings. The van der Waals surface area contributed by atoms with Gasteiger partial charge in [-0.1, -0.05) is 30.3 Å². The van der Waals surface area contributed by atoms with Gasteiger partial charge in [0.05, 0.1) is 11.6 Å². The summed E-state index contributed by atoms with van der Waals surface area (Å²) < 4.78 is 29.8. The van der Waals surface area contributed by atoms with Crippen LogP contribution in [0, 0.1) is 11.6 Å². The third kappa shape index (κ3) is 3.39. The molecule has 1 aliphatic heterocycles. The van der Waals surface area contributed by atoms with E-state index < -0.39 is 11.6 Å². The summed E-state index contributed by atoms with van der Waals surface area (Å²) in [5.41, 5.74) is 3.38. The van der Waals surface area contributed by atoms with Gasteiger partial charge in [0.1, 0.15) is 18.0 Å². The molecule has 30 heavy (non-hydrogen) atoms. The van der Waals surface area contributed by atoms with E-state index in [2.05, 4.69) is 19.9 Å². The molecular weight excluding hydrogens is 384 g/mol. The molecular formula is C23H17F2N5. The lowest BCUT2D eigenvalue weighted by Crippen LogP contribution is -2.03. The monoisotopic (exact) mass is 401 g/mol. The Balaban J connectivity index is 1.36. The molecule has 0 saturated heterocycles. The lowest BCUT2D eigenvalue weighted by atomic mass is 10.0. The van der Waals surface area contributed by atoms with E-state index in [9.17, 15) is 8.78 Å². The van der Waals surface area contributed by atoms with Gasteiger partial charge in [0.2, 0.25) is 5.95 Å². The Morgan fingerprint density at radius 1 is 0.900 bits per heavy atom. The van der Waals surface area contributed by atoms with Gasteiger partial charge in [-0.3, -0.25) is 9.56 Å². The van der Waals surface area contributed by atoms with Crippen LogP contribution >= 0.6 is 0 Å². The Hall–Kier alpha value is -3.74. The van der Waals surface area contributed by atoms with Crippen LogP contribution in [0.4, 0.5) is 8.78 Å². The predicted molar refractivity (Wildman–Crippen MR) is 109 cm³/mol. The first kappa shape index (κ1) is 18.3. The Bertz CT molecular complexity index is 1180. The van der Waals surface area contributed by atoms with Crippen LogP contribution < -0.4 is 0 Å². The van der Waals surface area contributed by atoms with E-state index in [0.29, 0.717) is 18.1 Å². The first-order valence-corrected chi connectivity index (χ1v) is 9.61. The molecule has 4 aromatic rings. The van der Waals surface area contributed by atoms with Gasteiger partial charge in [-0.2, -0.15) is 0 Å². The van der Waals surface area contributed by atoms with Crippen molar-refractivity contribution in [3.63, 3.8) is 0 Å². The summed E-state index contributed by atoms with van der Waals surface area (Å²) in [6, 6.07) is 11.8. The molecule has 1 atom stereocenters. The second-order valence-electron chi connectivity index (χ2n) is 7.09. The van der Waals surface area contributed by atoms with Crippen molar-refractivity contribution in [1.82, 2.24) is 19.5 Å². The predicted octanol–water partition coefficient (Wildman–Crippen LogP) is 4.93. The molecule has 3 heterocycles. The van der Waals surface area contributed by atoms with E-state index in [1.54, 1.807) is 35.7 Å². The molecule has 0 amide bonds. The van der Waals surface area contributed by atoms with Gasteiger partial charge in [0.15, 0.2) is 0 Å². The summed E-state index contributed by atoms with van der Waals surface area (Å²) in [5.74, 6) is -0.575. The number of hydrogen-bond donors (Lipinski definition) is 0. The number of halogens is 2. The van der Waals surface area contributed by atoms with Gasteiger partial charge in [-0.25, -0.2) is 23.7 Å². The third-order valence-electron chi connectivity index (χ3n) is 5.22. The third-order valence-corrected chi connectivity index (χ3v) is 5.22. The summed E-state index contributed by atoms with van der Waals surface area (Å²) in [7, 11) is 0. The van der Waals surface area contributed by atoms with Crippen LogP contribution in [0.1, 0.15) is 30.0 Å². The Kier molecular flexibility index (Phi) is 4.63. The summed E-state index contributed by atoms with van der Waals surface area (Å²) in [6.07, 6.45) is 9.92. The Morgan fingerprint density at radius 2 is 1.63 bits per heavy atom. The molecule has 2 aromatic carbocycles. The van der Waals surface area contributed by atoms with Crippen molar-refractivity contribution >= 4 is 5.71 Å². The maximum absolute atomic E-state index is 14.1. The average Bonchev–Trinajstić information content (AvgIpc) is 3.47. The molecule has 0 aliphatic carbocycles. The van der Waals surface area contributed by atoms with Crippen LogP contribution in [0.25, 0.3) is 17.1 Å². The molecule has 0 spiro atoms. The van der Waals surface area contributed by atoms with E-state index in [1.165, 1.54) is 18.2 Å². The lowest BCUT2D eigenvalue weighted by Gasteiger charge is -2.09. The topological polar surface area (TPSA) is 56.0 Å². The summed E-state index contributed by atoms with van der Waals surface area (Å²) in [5, 5.41) is 0. The van der Waals surface area contributed by atoms with E-state index in [1.807, 2.05) is 24.3 Å². The van der Waals surface area contributed by atoms with Crippen molar-refractivity contribution in [2.24, 2.45) is 4.99 Å². The maximum Gasteiger partial charge on any atom is 0.234 e. The molecule has 0 saturated carbocycles. The van der Waals surface area contributed by atoms with Crippen molar-refractivity contribution in [1.29, 1.82) is 0 Å². The largest absolute Gasteiger partial charge is 0.281 e. The second kappa shape index (κ2) is 7.59. The summed E-state index contributed by atoms with van der Waals surface area (Å²) >= 11 is 0. The smallest absolute Gasteiger partial charge is 0.234 e. The molecule has 5 nitrogen and oxygen atoms in total. The fraction of sp³-hybridized carbons (Fsp3) is 0.130. The van der Waals surface area contributed by atoms with Crippen molar-refractivity contribution < 1.29 is 8.78 Å². The van der Waals surface area contributed by atoms with Crippen LogP contribution in [-0.2, 0) is 0 Å². The minimum absolute atomic E-state index is 0.00764. The Labute approximate surface area is 171 Å². The van der Waals surface area contributed by atoms with Crippen LogP contribution in [0.5, 0.6) is 0 Å². The molecule has 1 unspecified atom stereocenters. The molecule has 7 heteroatoms. The minimum Gasteiger partial charge on any atom is -0.281 e. The van der Waals surface area contributed by atoms with E-state index >= 15 is 0 Å². The van der Waals surface area contributed by atoms with Gasteiger partial charge in [-0.05, 0) is 36.1 Å². The van der Waals surface area contributed by atoms with E-state index in [0.717, 1.165) is 23.1 Å². The first-order valence-electron chi connectivity index (χ1n) is 9.61. The number of imidazole rings is 1. The van der Waals surface area contributed by atoms with Crippen LogP contribution in [0.15, 0.2) is 78.6 Å². The normalized spacial score (nSPS) is 15.9. The van der Waals surface area contributed by atoms with E-state index in [4.69, 9.17) is 0 Å². The number of aliphatic imine (C=N–C) groups is 1. The molecule has 0 bridgehead atoms. The minimum atomic E-state index is -0.566. The molecule has 0 radical (unpaired) electrons. The van der Waals surface area contributed by atoms with Crippen LogP contribution in [-0.4, -0.2) is 25.2 Å². The van der Waals surface area contributed by atoms with Gasteiger partial charge in [-0.15, -0.1) is 0 Å². The SMILES string of the molecule is Fc1cccc(F)c1C1=NC(c2ccc(-c3cnc(-n4ccnc4)nc3)cc2)CC1. The first-order chi connectivity index (χ1) is 14.7. The molecule has 2 aromatic heterocycles. The second-order valence-corrected chi connectivity index (χ2v) is 7.09. The highest BCUT2D eigenvalue weighted by Crippen LogP contribution is 2.33. The van der Waals surface area contributed by atoms with Crippen molar-refractivity contribution in [2.45, 2.75) is 18.9 Å². The summed E-state index contributed by atoms with van der Waals surface area (Å²) in [4.78, 5) is 17.3. The molecule has 148 valence electrons. The molecule has 0 N–H and O–H groups in total. The van der Waals surface area contributed by atoms with Gasteiger partial charge in [0, 0.05) is 36.1 Å². The van der Waals surface area contributed by atoms with Gasteiger partial charge < -0.3 is 0 Å². The molecule has 5 rings (SSSR count). The van der Waals surface area contributed by atoms with Crippen LogP contribution in [0.2, 0.25) is 0 Å². The zero-order chi connectivity index (χ0) is 20.5. The zero-order valence-electron chi connectivity index (χ0n) is 15.9. The highest BCUT2D eigenvalue weighted by molar-refractivity contribution is 6.02. The lowest BCUT2D eigenvalue weighted by molar-refractivity contribution is 0.578. The number of aromatic nitrogens is 4. The van der Waals surface area contributed by atoms with Gasteiger partial charge in [0.25, 0.3) is 0 Å². The number of benzene rings is 2. The highest BCUT2D eigenvalue weighted by Gasteiger charge is 2.24. The summed E-state index contributed by atoms with van der Waals surface area (Å²) in [6.45, 7) is 0. The van der Waals surface area contributed by atoms with Gasteiger partial charge >= 0.3 is 0 Å². The average molecular weight is 401 g/mol. The van der Waals surface area contributed by atoms with Crippen LogP contribution in [0.3, 0.4) is 0 Å². The molecule has 0 fully saturated rings. The zero-order valence-corrected chi connectivity index (χ0v) is 15.9. The highest BCUT2D eigenvalue weighted by atomic mass is 19.1.